The monoisotopic (exact) mass is 301 g/mol. The number of carbonyl (C=O) groups excluding carboxylic acids is 1. The number of aryl methyl sites for hydroxylation is 1. The Labute approximate surface area is 132 Å². The zero-order valence-electron chi connectivity index (χ0n) is 13.6. The van der Waals surface area contributed by atoms with Crippen LogP contribution in [0.15, 0.2) is 12.4 Å². The summed E-state index contributed by atoms with van der Waals surface area (Å²) in [6.07, 6.45) is 12.5. The molecular weight excluding hydrogens is 274 g/mol. The Balaban J connectivity index is 1.38. The van der Waals surface area contributed by atoms with E-state index >= 15 is 0 Å². The van der Waals surface area contributed by atoms with Crippen molar-refractivity contribution in [2.45, 2.75) is 64.5 Å². The summed E-state index contributed by atoms with van der Waals surface area (Å²) in [4.78, 5) is 15.0. The fourth-order valence-corrected chi connectivity index (χ4v) is 4.22. The van der Waals surface area contributed by atoms with Crippen LogP contribution in [0.4, 0.5) is 0 Å². The van der Waals surface area contributed by atoms with Gasteiger partial charge in [-0.2, -0.15) is 5.10 Å². The molecule has 0 aromatic carbocycles. The molecule has 0 N–H and O–H groups in total. The number of nitrogens with zero attached hydrogens (tertiary/aromatic N) is 3. The van der Waals surface area contributed by atoms with Crippen LogP contribution in [-0.2, 0) is 11.3 Å². The zero-order valence-corrected chi connectivity index (χ0v) is 13.6. The van der Waals surface area contributed by atoms with E-state index in [9.17, 15) is 4.79 Å². The van der Waals surface area contributed by atoms with Gasteiger partial charge in [0.2, 0.25) is 5.91 Å². The normalized spacial score (nSPS) is 25.2. The molecule has 3 aliphatic rings. The first-order chi connectivity index (χ1) is 10.7. The van der Waals surface area contributed by atoms with Crippen molar-refractivity contribution >= 4 is 5.91 Å². The molecule has 1 saturated heterocycles. The third kappa shape index (κ3) is 3.06. The predicted molar refractivity (Wildman–Crippen MR) is 85.3 cm³/mol. The molecule has 2 aliphatic carbocycles. The maximum Gasteiger partial charge on any atom is 0.223 e. The van der Waals surface area contributed by atoms with E-state index in [0.717, 1.165) is 44.2 Å². The van der Waals surface area contributed by atoms with Gasteiger partial charge in [0.05, 0.1) is 18.8 Å². The molecule has 0 spiro atoms. The van der Waals surface area contributed by atoms with Crippen molar-refractivity contribution in [2.24, 2.45) is 17.8 Å². The predicted octanol–water partition coefficient (Wildman–Crippen LogP) is 3.01. The molecule has 120 valence electrons. The van der Waals surface area contributed by atoms with E-state index < -0.39 is 0 Å². The summed E-state index contributed by atoms with van der Waals surface area (Å²) in [5.41, 5.74) is 1.19. The zero-order chi connectivity index (χ0) is 15.1. The van der Waals surface area contributed by atoms with E-state index in [1.807, 2.05) is 10.9 Å². The molecule has 2 heterocycles. The molecule has 0 radical (unpaired) electrons. The van der Waals surface area contributed by atoms with Crippen LogP contribution >= 0.6 is 0 Å². The highest BCUT2D eigenvalue weighted by Crippen LogP contribution is 2.51. The topological polar surface area (TPSA) is 38.1 Å². The molecule has 2 saturated carbocycles. The van der Waals surface area contributed by atoms with Crippen LogP contribution < -0.4 is 0 Å². The molecular formula is C18H27N3O. The van der Waals surface area contributed by atoms with Crippen LogP contribution in [-0.4, -0.2) is 33.2 Å². The number of hydrogen-bond donors (Lipinski definition) is 0. The van der Waals surface area contributed by atoms with Crippen LogP contribution in [0, 0.1) is 24.7 Å². The lowest BCUT2D eigenvalue weighted by molar-refractivity contribution is -0.133. The lowest BCUT2D eigenvalue weighted by Crippen LogP contribution is -2.39. The van der Waals surface area contributed by atoms with Gasteiger partial charge in [-0.05, 0) is 68.8 Å². The average Bonchev–Trinajstić information content (AvgIpc) is 3.42. The number of amides is 1. The van der Waals surface area contributed by atoms with Gasteiger partial charge in [-0.1, -0.05) is 0 Å². The van der Waals surface area contributed by atoms with E-state index in [1.165, 1.54) is 31.2 Å². The Morgan fingerprint density at radius 3 is 2.59 bits per heavy atom. The van der Waals surface area contributed by atoms with Crippen molar-refractivity contribution in [1.82, 2.24) is 14.7 Å². The molecule has 4 heteroatoms. The highest BCUT2D eigenvalue weighted by atomic mass is 16.2. The van der Waals surface area contributed by atoms with Crippen molar-refractivity contribution in [3.63, 3.8) is 0 Å². The lowest BCUT2D eigenvalue weighted by Gasteiger charge is -2.27. The minimum absolute atomic E-state index is 0.353. The summed E-state index contributed by atoms with van der Waals surface area (Å²) in [7, 11) is 0. The number of rotatable bonds is 6. The second-order valence-corrected chi connectivity index (χ2v) is 7.67. The summed E-state index contributed by atoms with van der Waals surface area (Å²) in [5, 5.41) is 4.39. The fourth-order valence-electron chi connectivity index (χ4n) is 4.22. The van der Waals surface area contributed by atoms with Gasteiger partial charge in [0.25, 0.3) is 0 Å². The number of aromatic nitrogens is 2. The molecule has 1 aliphatic heterocycles. The quantitative estimate of drug-likeness (QED) is 0.810. The van der Waals surface area contributed by atoms with Crippen LogP contribution in [0.25, 0.3) is 0 Å². The van der Waals surface area contributed by atoms with E-state index in [1.54, 1.807) is 0 Å². The maximum atomic E-state index is 12.8. The second-order valence-electron chi connectivity index (χ2n) is 7.67. The summed E-state index contributed by atoms with van der Waals surface area (Å²) in [6, 6.07) is 0.353. The molecule has 1 aromatic heterocycles. The molecule has 4 nitrogen and oxygen atoms in total. The maximum absolute atomic E-state index is 12.8. The third-order valence-corrected chi connectivity index (χ3v) is 5.72. The first-order valence-corrected chi connectivity index (χ1v) is 8.99. The van der Waals surface area contributed by atoms with Gasteiger partial charge in [-0.25, -0.2) is 0 Å². The number of hydrogen-bond acceptors (Lipinski definition) is 2. The highest BCUT2D eigenvalue weighted by Gasteiger charge is 2.43. The fraction of sp³-hybridized carbons (Fsp3) is 0.778. The van der Waals surface area contributed by atoms with Gasteiger partial charge in [0.1, 0.15) is 0 Å². The summed E-state index contributed by atoms with van der Waals surface area (Å²) in [5.74, 6) is 2.84. The van der Waals surface area contributed by atoms with Gasteiger partial charge < -0.3 is 4.90 Å². The highest BCUT2D eigenvalue weighted by molar-refractivity contribution is 5.77. The molecule has 22 heavy (non-hydrogen) atoms. The van der Waals surface area contributed by atoms with Crippen molar-refractivity contribution in [1.29, 1.82) is 0 Å². The third-order valence-electron chi connectivity index (χ3n) is 5.72. The van der Waals surface area contributed by atoms with Crippen molar-refractivity contribution < 1.29 is 4.79 Å². The summed E-state index contributed by atoms with van der Waals surface area (Å²) >= 11 is 0. The van der Waals surface area contributed by atoms with E-state index in [0.29, 0.717) is 17.9 Å². The Morgan fingerprint density at radius 1 is 1.27 bits per heavy atom. The smallest absolute Gasteiger partial charge is 0.223 e. The van der Waals surface area contributed by atoms with E-state index in [4.69, 9.17) is 0 Å². The lowest BCUT2D eigenvalue weighted by atomic mass is 9.93. The summed E-state index contributed by atoms with van der Waals surface area (Å²) < 4.78 is 2.00. The van der Waals surface area contributed by atoms with Gasteiger partial charge in [-0.15, -0.1) is 0 Å². The Hall–Kier alpha value is -1.32. The Morgan fingerprint density at radius 2 is 2.00 bits per heavy atom. The average molecular weight is 301 g/mol. The molecule has 0 unspecified atom stereocenters. The van der Waals surface area contributed by atoms with Crippen molar-refractivity contribution in [3.05, 3.63) is 18.0 Å². The summed E-state index contributed by atoms with van der Waals surface area (Å²) in [6.45, 7) is 3.87. The van der Waals surface area contributed by atoms with Crippen molar-refractivity contribution in [3.8, 4) is 0 Å². The van der Waals surface area contributed by atoms with Gasteiger partial charge >= 0.3 is 0 Å². The van der Waals surface area contributed by atoms with Crippen LogP contribution in [0.3, 0.4) is 0 Å². The van der Waals surface area contributed by atoms with E-state index in [-0.39, 0.29) is 0 Å². The molecule has 1 atom stereocenters. The molecule has 0 bridgehead atoms. The van der Waals surface area contributed by atoms with Crippen LogP contribution in [0.1, 0.15) is 50.5 Å². The molecule has 3 fully saturated rings. The largest absolute Gasteiger partial charge is 0.338 e. The standard InChI is InChI=1S/C18H27N3O/c1-13-10-19-20(11-13)12-16-3-2-8-21(16)18(22)9-17(14-4-5-14)15-6-7-15/h10-11,14-17H,2-9,12H2,1H3/t16-/m0/s1. The number of likely N-dealkylation sites (tertiary alicyclic amines) is 1. The van der Waals surface area contributed by atoms with Gasteiger partial charge in [0.15, 0.2) is 0 Å². The second kappa shape index (κ2) is 5.71. The first kappa shape index (κ1) is 14.3. The Bertz CT molecular complexity index is 532. The molecule has 1 aromatic rings. The SMILES string of the molecule is Cc1cnn(C[C@@H]2CCCN2C(=O)CC(C2CC2)C2CC2)c1. The molecule has 4 rings (SSSR count). The van der Waals surface area contributed by atoms with Gasteiger partial charge in [0, 0.05) is 19.2 Å². The Kier molecular flexibility index (Phi) is 3.71. The van der Waals surface area contributed by atoms with Crippen LogP contribution in [0.2, 0.25) is 0 Å². The minimum Gasteiger partial charge on any atom is -0.338 e. The van der Waals surface area contributed by atoms with Gasteiger partial charge in [-0.3, -0.25) is 9.48 Å². The number of carbonyl (C=O) groups is 1. The van der Waals surface area contributed by atoms with Crippen LogP contribution in [0.5, 0.6) is 0 Å². The first-order valence-electron chi connectivity index (χ1n) is 8.99. The molecule has 1 amide bonds. The van der Waals surface area contributed by atoms with Crippen molar-refractivity contribution in [2.75, 3.05) is 6.54 Å². The minimum atomic E-state index is 0.353. The van der Waals surface area contributed by atoms with E-state index in [2.05, 4.69) is 23.1 Å².